The van der Waals surface area contributed by atoms with Crippen LogP contribution in [0.2, 0.25) is 0 Å². The summed E-state index contributed by atoms with van der Waals surface area (Å²) in [5.41, 5.74) is 13.6. The number of benzene rings is 6. The molecule has 0 spiro atoms. The van der Waals surface area contributed by atoms with Gasteiger partial charge in [-0.1, -0.05) is 163 Å². The van der Waals surface area contributed by atoms with Gasteiger partial charge in [0, 0.05) is 162 Å². The molecule has 3 fully saturated rings. The Morgan fingerprint density at radius 3 is 0.623 bits per heavy atom. The molecule has 1 aliphatic heterocycles. The number of phenolic OH excluding ortho intramolecular Hbond substituents is 6. The number of phenols is 6. The molecule has 12 aromatic rings. The predicted molar refractivity (Wildman–Crippen MR) is 524 cm³/mol. The smallest absolute Gasteiger partial charge is 0.128 e. The van der Waals surface area contributed by atoms with Crippen molar-refractivity contribution in [3.63, 3.8) is 0 Å². The van der Waals surface area contributed by atoms with Crippen LogP contribution >= 0.6 is 68.0 Å². The third-order valence-electron chi connectivity index (χ3n) is 25.3. The molecule has 6 atom stereocenters. The molecule has 6 aromatic carbocycles. The Morgan fingerprint density at radius 2 is 0.402 bits per heavy atom. The maximum atomic E-state index is 12.7. The van der Waals surface area contributed by atoms with E-state index in [-0.39, 0.29) is 91.5 Å². The fraction of sp³-hybridized carbons (Fsp3) is 0.396. The zero-order valence-corrected chi connectivity index (χ0v) is 78.9. The third-order valence-corrected chi connectivity index (χ3v) is 32.7. The number of hydrogen-bond acceptors (Lipinski definition) is 16. The van der Waals surface area contributed by atoms with Crippen molar-refractivity contribution in [3.05, 3.63) is 212 Å². The summed E-state index contributed by atoms with van der Waals surface area (Å²) in [6, 6.07) is 51.8. The molecule has 0 amide bonds. The van der Waals surface area contributed by atoms with E-state index in [0.717, 1.165) is 213 Å². The quantitative estimate of drug-likeness (QED) is 0.0883. The van der Waals surface area contributed by atoms with Gasteiger partial charge in [-0.25, -0.2) is 0 Å². The Labute approximate surface area is 746 Å². The normalized spacial score (nSPS) is 18.9. The minimum absolute atomic E-state index is 0.0654. The van der Waals surface area contributed by atoms with Crippen molar-refractivity contribution in [2.45, 2.75) is 270 Å². The molecule has 7 heterocycles. The Hall–Kier alpha value is -9.00. The third kappa shape index (κ3) is 17.9. The first-order valence-electron chi connectivity index (χ1n) is 43.7. The number of aromatic hydroxyl groups is 6. The van der Waals surface area contributed by atoms with Crippen LogP contribution in [0.4, 0.5) is 0 Å². The van der Waals surface area contributed by atoms with Gasteiger partial charge >= 0.3 is 0 Å². The molecule has 122 heavy (non-hydrogen) atoms. The number of hydrogen-bond donors (Lipinski definition) is 6. The van der Waals surface area contributed by atoms with E-state index in [0.29, 0.717) is 33.8 Å². The molecule has 3 aliphatic carbocycles. The lowest BCUT2D eigenvalue weighted by molar-refractivity contribution is 0.368. The van der Waals surface area contributed by atoms with E-state index in [1.54, 1.807) is 68.0 Å². The first-order valence-corrected chi connectivity index (χ1v) is 48.6. The van der Waals surface area contributed by atoms with Gasteiger partial charge in [-0.15, -0.1) is 68.0 Å². The van der Waals surface area contributed by atoms with E-state index in [2.05, 4.69) is 270 Å². The van der Waals surface area contributed by atoms with Crippen LogP contribution in [-0.2, 0) is 32.5 Å². The average molecular weight is 1740 g/mol. The van der Waals surface area contributed by atoms with Gasteiger partial charge in [-0.3, -0.25) is 20.0 Å². The molecular formula is C106H118N4O6S6. The first-order chi connectivity index (χ1) is 57.7. The lowest BCUT2D eigenvalue weighted by Gasteiger charge is -2.32. The van der Waals surface area contributed by atoms with Gasteiger partial charge in [0.25, 0.3) is 0 Å². The number of fused-ring (bicyclic) bond motifs is 38. The first kappa shape index (κ1) is 86.5. The summed E-state index contributed by atoms with van der Waals surface area (Å²) in [7, 11) is 0. The number of nitrogens with zero attached hydrogens (tertiary/aromatic N) is 4. The highest BCUT2D eigenvalue weighted by Crippen LogP contribution is 2.54. The molecule has 24 bridgehead atoms. The second-order valence-electron chi connectivity index (χ2n) is 40.7. The van der Waals surface area contributed by atoms with Gasteiger partial charge in [0.15, 0.2) is 0 Å². The van der Waals surface area contributed by atoms with Crippen LogP contribution in [0, 0.1) is 0 Å². The van der Waals surface area contributed by atoms with Crippen molar-refractivity contribution in [2.75, 3.05) is 0 Å². The monoisotopic (exact) mass is 1730 g/mol. The Balaban J connectivity index is 0.796. The molecule has 3 saturated carbocycles. The lowest BCUT2D eigenvalue weighted by Crippen LogP contribution is -2.27. The molecule has 0 unspecified atom stereocenters. The van der Waals surface area contributed by atoms with Gasteiger partial charge < -0.3 is 30.6 Å². The van der Waals surface area contributed by atoms with Crippen molar-refractivity contribution in [1.29, 1.82) is 0 Å². The van der Waals surface area contributed by atoms with Gasteiger partial charge in [-0.2, -0.15) is 0 Å². The van der Waals surface area contributed by atoms with Crippen LogP contribution in [0.5, 0.6) is 34.5 Å². The summed E-state index contributed by atoms with van der Waals surface area (Å²) >= 11 is 10.5. The minimum Gasteiger partial charge on any atom is -0.507 e. The minimum atomic E-state index is -0.389. The molecule has 0 radical (unpaired) electrons. The van der Waals surface area contributed by atoms with Gasteiger partial charge in [0.05, 0.1) is 24.2 Å². The van der Waals surface area contributed by atoms with Crippen LogP contribution in [-0.4, -0.2) is 79.7 Å². The molecule has 16 rings (SSSR count). The lowest BCUT2D eigenvalue weighted by atomic mass is 9.76. The number of aliphatic imine (C=N–C) groups is 4. The van der Waals surface area contributed by atoms with Gasteiger partial charge in [0.1, 0.15) is 34.5 Å². The van der Waals surface area contributed by atoms with Crippen molar-refractivity contribution in [3.8, 4) is 126 Å². The standard InChI is InChI=1S/C106H118N4O6S6/c1-101(2,3)73-49-59-43-65(95(73)111)55-107-79-27-21-19-25-69(79)71-47-63(53-77(99(71)115)105(13,14)15)87-35-41-93(121-87)94-42-36-88(122-94)64-48-72(100(116)78(54-64)106(16,17)18)70-26-20-22-28-80(70)108-56-66-44-60(50-74(96(66)112)102(4,5)6)84-32-38-90(118-84)92-40-34-86(120-92)62-46-68(98(114)76(52-62)104(10,11)12)58-110-82-30-24-23-29-81(82)109-57-67-45-61(51-75(97(67)113)103(7,8)9)85-33-39-91(119-85)89-37-31-83(59)117-89/h31-58,69-70,79-82,111-116H,19-30H2,1-18H3/t69-,70-,79-,80-,81-,82-/m0/s1. The van der Waals surface area contributed by atoms with E-state index in [1.807, 2.05) is 24.9 Å². The summed E-state index contributed by atoms with van der Waals surface area (Å²) in [6.07, 6.45) is 18.8. The number of rotatable bonds is 0. The van der Waals surface area contributed by atoms with Gasteiger partial charge in [0.2, 0.25) is 0 Å². The Bertz CT molecular complexity index is 5710. The van der Waals surface area contributed by atoms with Crippen LogP contribution in [0.25, 0.3) is 91.9 Å². The van der Waals surface area contributed by atoms with E-state index in [4.69, 9.17) is 20.0 Å². The topological polar surface area (TPSA) is 171 Å². The average Bonchev–Trinajstić information content (AvgIpc) is 1.41. The summed E-state index contributed by atoms with van der Waals surface area (Å²) in [6.45, 7) is 38.8. The maximum absolute atomic E-state index is 12.7. The molecule has 10 nitrogen and oxygen atoms in total. The molecule has 6 N–H and O–H groups in total. The zero-order chi connectivity index (χ0) is 86.6. The van der Waals surface area contributed by atoms with Crippen LogP contribution < -0.4 is 0 Å². The molecule has 634 valence electrons. The summed E-state index contributed by atoms with van der Waals surface area (Å²) in [5, 5.41) is 74.6. The number of thiophene rings is 6. The highest BCUT2D eigenvalue weighted by molar-refractivity contribution is 7.26. The fourth-order valence-electron chi connectivity index (χ4n) is 18.4. The SMILES string of the molecule is CC(C)(C)c1cc2cc(c1O)C=N[C@H]1CCCC[C@@H]1N=Cc1cc(cc(C(C)(C)C)c1O)-c1ccc(s1)-c1ccc(s1)-c1cc(c(O)c(C(C)(C)C)c1)C=N[C@H]1CCCC[C@H]1c1cc(cc(C(C)(C)C)c1O)-c1ccc(s1)-c1ccc(s1)-c1cc(c(O)c(C(C)(C)C)c1)[C@@H]1CCCC[C@@H]1N=Cc1cc(cc(C(C)(C)C)c1O)-c1ccc(s1)-c1ccc-2s1. The van der Waals surface area contributed by atoms with E-state index < -0.39 is 0 Å². The van der Waals surface area contributed by atoms with Crippen molar-refractivity contribution >= 4 is 92.9 Å². The molecule has 0 saturated heterocycles. The fourth-order valence-corrected chi connectivity index (χ4v) is 24.6. The van der Waals surface area contributed by atoms with Crippen molar-refractivity contribution in [1.82, 2.24) is 0 Å². The molecular weight excluding hydrogens is 1620 g/mol. The van der Waals surface area contributed by atoms with Crippen molar-refractivity contribution in [2.24, 2.45) is 20.0 Å². The zero-order valence-electron chi connectivity index (χ0n) is 74.0. The van der Waals surface area contributed by atoms with Crippen LogP contribution in [0.1, 0.15) is 280 Å². The highest BCUT2D eigenvalue weighted by atomic mass is 32.1. The van der Waals surface area contributed by atoms with Crippen LogP contribution in [0.3, 0.4) is 0 Å². The van der Waals surface area contributed by atoms with E-state index >= 15 is 0 Å². The summed E-state index contributed by atoms with van der Waals surface area (Å²) in [5.74, 6) is 1.47. The second-order valence-corrected chi connectivity index (χ2v) is 47.2. The summed E-state index contributed by atoms with van der Waals surface area (Å²) < 4.78 is 0. The largest absolute Gasteiger partial charge is 0.507 e. The maximum Gasteiger partial charge on any atom is 0.128 e. The highest BCUT2D eigenvalue weighted by Gasteiger charge is 2.37. The van der Waals surface area contributed by atoms with Gasteiger partial charge in [-0.05, 0) is 250 Å². The Kier molecular flexibility index (Phi) is 23.7. The molecule has 6 aromatic heterocycles. The second kappa shape index (κ2) is 33.5. The molecule has 4 aliphatic rings. The van der Waals surface area contributed by atoms with E-state index in [1.165, 1.54) is 0 Å². The predicted octanol–water partition coefficient (Wildman–Crippen LogP) is 30.5. The van der Waals surface area contributed by atoms with Crippen molar-refractivity contribution < 1.29 is 30.6 Å². The van der Waals surface area contributed by atoms with E-state index in [9.17, 15) is 30.6 Å². The molecule has 16 heteroatoms. The Morgan fingerprint density at radius 1 is 0.221 bits per heavy atom. The summed E-state index contributed by atoms with van der Waals surface area (Å²) in [4.78, 5) is 35.0. The van der Waals surface area contributed by atoms with Crippen LogP contribution in [0.15, 0.2) is 166 Å².